The second-order valence-corrected chi connectivity index (χ2v) is 4.97. The molecule has 1 amide bonds. The molecule has 0 aliphatic carbocycles. The molecule has 2 N–H and O–H groups in total. The number of aromatic amines is 1. The smallest absolute Gasteiger partial charge is 0.256 e. The zero-order valence-corrected chi connectivity index (χ0v) is 12.0. The molecule has 3 heterocycles. The maximum absolute atomic E-state index is 12.4. The van der Waals surface area contributed by atoms with Crippen LogP contribution in [0.4, 0.5) is 0 Å². The van der Waals surface area contributed by atoms with Crippen LogP contribution in [0.25, 0.3) is 0 Å². The maximum atomic E-state index is 12.4. The summed E-state index contributed by atoms with van der Waals surface area (Å²) in [4.78, 5) is 16.5. The van der Waals surface area contributed by atoms with Gasteiger partial charge in [-0.15, -0.1) is 5.10 Å². The number of nitrogens with one attached hydrogen (secondary N) is 2. The van der Waals surface area contributed by atoms with E-state index in [1.165, 1.54) is 0 Å². The van der Waals surface area contributed by atoms with Crippen molar-refractivity contribution < 1.29 is 14.3 Å². The summed E-state index contributed by atoms with van der Waals surface area (Å²) in [6.45, 7) is 1.55. The van der Waals surface area contributed by atoms with Gasteiger partial charge < -0.3 is 14.8 Å². The number of pyridine rings is 1. The number of hydrogen-bond acceptors (Lipinski definition) is 6. The van der Waals surface area contributed by atoms with E-state index in [-0.39, 0.29) is 24.4 Å². The second-order valence-electron chi connectivity index (χ2n) is 4.97. The molecule has 0 unspecified atom stereocenters. The third-order valence-electron chi connectivity index (χ3n) is 3.40. The predicted octanol–water partition coefficient (Wildman–Crippen LogP) is 0.687. The number of ether oxygens (including phenoxy) is 2. The minimum atomic E-state index is -0.185. The van der Waals surface area contributed by atoms with Crippen molar-refractivity contribution in [1.82, 2.24) is 25.7 Å². The molecule has 2 aromatic rings. The highest BCUT2D eigenvalue weighted by Crippen LogP contribution is 2.16. The van der Waals surface area contributed by atoms with Crippen molar-refractivity contribution in [2.75, 3.05) is 13.2 Å². The first-order valence-corrected chi connectivity index (χ1v) is 7.14. The molecule has 0 spiro atoms. The van der Waals surface area contributed by atoms with Crippen molar-refractivity contribution in [1.29, 1.82) is 0 Å². The second kappa shape index (κ2) is 6.99. The first-order chi connectivity index (χ1) is 10.8. The van der Waals surface area contributed by atoms with E-state index in [1.807, 2.05) is 0 Å². The van der Waals surface area contributed by atoms with Crippen molar-refractivity contribution in [3.63, 3.8) is 0 Å². The summed E-state index contributed by atoms with van der Waals surface area (Å²) in [5.74, 6) is 0.102. The third kappa shape index (κ3) is 3.59. The Morgan fingerprint density at radius 3 is 3.09 bits per heavy atom. The van der Waals surface area contributed by atoms with Gasteiger partial charge in [0.15, 0.2) is 0 Å². The third-order valence-corrected chi connectivity index (χ3v) is 3.40. The molecule has 22 heavy (non-hydrogen) atoms. The normalized spacial score (nSPS) is 15.5. The Bertz CT molecular complexity index is 611. The van der Waals surface area contributed by atoms with Crippen molar-refractivity contribution in [2.24, 2.45) is 0 Å². The SMILES string of the molecule is O=C(NC1CCOCC1)c1cccnc1OCc1c[nH]nn1. The van der Waals surface area contributed by atoms with Gasteiger partial charge in [0.2, 0.25) is 5.88 Å². The Labute approximate surface area is 127 Å². The molecule has 0 bridgehead atoms. The van der Waals surface area contributed by atoms with E-state index in [0.717, 1.165) is 12.8 Å². The van der Waals surface area contributed by atoms with Crippen LogP contribution in [-0.4, -0.2) is 45.6 Å². The lowest BCUT2D eigenvalue weighted by Gasteiger charge is -2.23. The number of hydrogen-bond donors (Lipinski definition) is 2. The van der Waals surface area contributed by atoms with Crippen LogP contribution in [-0.2, 0) is 11.3 Å². The van der Waals surface area contributed by atoms with Crippen LogP contribution in [0.2, 0.25) is 0 Å². The summed E-state index contributed by atoms with van der Waals surface area (Å²) in [5.41, 5.74) is 1.05. The topological polar surface area (TPSA) is 102 Å². The van der Waals surface area contributed by atoms with Crippen LogP contribution >= 0.6 is 0 Å². The molecule has 2 aromatic heterocycles. The Hall–Kier alpha value is -2.48. The van der Waals surface area contributed by atoms with Gasteiger partial charge in [-0.05, 0) is 25.0 Å². The van der Waals surface area contributed by atoms with E-state index in [9.17, 15) is 4.79 Å². The van der Waals surface area contributed by atoms with Crippen LogP contribution in [0.15, 0.2) is 24.5 Å². The number of rotatable bonds is 5. The number of amides is 1. The van der Waals surface area contributed by atoms with E-state index in [1.54, 1.807) is 24.5 Å². The van der Waals surface area contributed by atoms with Gasteiger partial charge in [0, 0.05) is 31.6 Å². The predicted molar refractivity (Wildman–Crippen MR) is 76.3 cm³/mol. The van der Waals surface area contributed by atoms with Crippen molar-refractivity contribution >= 4 is 5.91 Å². The fraction of sp³-hybridized carbons (Fsp3) is 0.429. The van der Waals surface area contributed by atoms with Gasteiger partial charge in [-0.25, -0.2) is 4.98 Å². The zero-order chi connectivity index (χ0) is 15.2. The van der Waals surface area contributed by atoms with Crippen LogP contribution < -0.4 is 10.1 Å². The number of nitrogens with zero attached hydrogens (tertiary/aromatic N) is 3. The Morgan fingerprint density at radius 1 is 1.45 bits per heavy atom. The highest BCUT2D eigenvalue weighted by molar-refractivity contribution is 5.96. The van der Waals surface area contributed by atoms with Gasteiger partial charge in [-0.1, -0.05) is 5.21 Å². The number of carbonyl (C=O) groups is 1. The van der Waals surface area contributed by atoms with Gasteiger partial charge >= 0.3 is 0 Å². The van der Waals surface area contributed by atoms with Gasteiger partial charge in [0.25, 0.3) is 5.91 Å². The highest BCUT2D eigenvalue weighted by atomic mass is 16.5. The first kappa shape index (κ1) is 14.5. The summed E-state index contributed by atoms with van der Waals surface area (Å²) in [7, 11) is 0. The average molecular weight is 303 g/mol. The Kier molecular flexibility index (Phi) is 4.59. The molecule has 1 aliphatic heterocycles. The molecule has 1 aliphatic rings. The van der Waals surface area contributed by atoms with Gasteiger partial charge in [-0.2, -0.15) is 0 Å². The minimum Gasteiger partial charge on any atom is -0.470 e. The largest absolute Gasteiger partial charge is 0.470 e. The van der Waals surface area contributed by atoms with Crippen molar-refractivity contribution in [3.8, 4) is 5.88 Å². The highest BCUT2D eigenvalue weighted by Gasteiger charge is 2.20. The Morgan fingerprint density at radius 2 is 2.32 bits per heavy atom. The molecule has 8 nitrogen and oxygen atoms in total. The minimum absolute atomic E-state index is 0.129. The molecule has 0 radical (unpaired) electrons. The van der Waals surface area contributed by atoms with E-state index >= 15 is 0 Å². The standard InChI is InChI=1S/C14H17N5O3/c20-13(17-10-3-6-21-7-4-10)12-2-1-5-15-14(12)22-9-11-8-16-19-18-11/h1-2,5,8,10H,3-4,6-7,9H2,(H,17,20)(H,16,18,19). The van der Waals surface area contributed by atoms with Gasteiger partial charge in [-0.3, -0.25) is 9.89 Å². The van der Waals surface area contributed by atoms with Crippen molar-refractivity contribution in [2.45, 2.75) is 25.5 Å². The lowest BCUT2D eigenvalue weighted by molar-refractivity contribution is 0.0694. The van der Waals surface area contributed by atoms with E-state index in [2.05, 4.69) is 25.7 Å². The lowest BCUT2D eigenvalue weighted by atomic mass is 10.1. The van der Waals surface area contributed by atoms with Gasteiger partial charge in [0.1, 0.15) is 17.9 Å². The van der Waals surface area contributed by atoms with E-state index in [0.29, 0.717) is 24.5 Å². The fourth-order valence-electron chi connectivity index (χ4n) is 2.22. The first-order valence-electron chi connectivity index (χ1n) is 7.14. The molecule has 1 fully saturated rings. The number of aromatic nitrogens is 4. The quantitative estimate of drug-likeness (QED) is 0.842. The molecule has 0 saturated carbocycles. The molecular weight excluding hydrogens is 286 g/mol. The molecule has 1 saturated heterocycles. The molecule has 0 aromatic carbocycles. The van der Waals surface area contributed by atoms with Crippen molar-refractivity contribution in [3.05, 3.63) is 35.8 Å². The molecule has 8 heteroatoms. The summed E-state index contributed by atoms with van der Waals surface area (Å²) in [6.07, 6.45) is 4.86. The number of carbonyl (C=O) groups excluding carboxylic acids is 1. The molecule has 0 atom stereocenters. The molecule has 3 rings (SSSR count). The van der Waals surface area contributed by atoms with E-state index in [4.69, 9.17) is 9.47 Å². The maximum Gasteiger partial charge on any atom is 0.256 e. The zero-order valence-electron chi connectivity index (χ0n) is 12.0. The van der Waals surface area contributed by atoms with E-state index < -0.39 is 0 Å². The summed E-state index contributed by atoms with van der Waals surface area (Å²) in [5, 5.41) is 13.0. The van der Waals surface area contributed by atoms with Crippen LogP contribution in [0.5, 0.6) is 5.88 Å². The average Bonchev–Trinajstić information content (AvgIpc) is 3.07. The van der Waals surface area contributed by atoms with Crippen LogP contribution in [0.3, 0.4) is 0 Å². The van der Waals surface area contributed by atoms with Crippen LogP contribution in [0, 0.1) is 0 Å². The molecule has 116 valence electrons. The van der Waals surface area contributed by atoms with Crippen LogP contribution in [0.1, 0.15) is 28.9 Å². The van der Waals surface area contributed by atoms with Gasteiger partial charge in [0.05, 0.1) is 0 Å². The summed E-state index contributed by atoms with van der Waals surface area (Å²) < 4.78 is 10.9. The monoisotopic (exact) mass is 303 g/mol. The summed E-state index contributed by atoms with van der Waals surface area (Å²) >= 11 is 0. The fourth-order valence-corrected chi connectivity index (χ4v) is 2.22. The number of H-pyrrole nitrogens is 1. The lowest BCUT2D eigenvalue weighted by Crippen LogP contribution is -2.39. The molecular formula is C14H17N5O3. The Balaban J connectivity index is 1.65. The summed E-state index contributed by atoms with van der Waals surface area (Å²) in [6, 6.07) is 3.53.